The summed E-state index contributed by atoms with van der Waals surface area (Å²) in [6.45, 7) is 3.72. The summed E-state index contributed by atoms with van der Waals surface area (Å²) in [6.07, 6.45) is 2.06. The van der Waals surface area contributed by atoms with Gasteiger partial charge in [-0.3, -0.25) is 14.7 Å². The van der Waals surface area contributed by atoms with Crippen LogP contribution in [0.5, 0.6) is 0 Å². The predicted octanol–water partition coefficient (Wildman–Crippen LogP) is 1.61. The van der Waals surface area contributed by atoms with Gasteiger partial charge in [0.15, 0.2) is 11.9 Å². The maximum Gasteiger partial charge on any atom is 0.277 e. The Balaban J connectivity index is 2.91. The minimum Gasteiger partial charge on any atom is -0.298 e. The number of aromatic amines is 1. The minimum absolute atomic E-state index is 0.0209. The number of fused-ring (bicyclic) bond motifs is 1. The molecule has 0 saturated heterocycles. The standard InChI is InChI=1S/C10H10ClN3O2/c1-5(2)7-8(11)13-9-6(4-15)3-12-14(9)10(7)16/h3-5,12H,1-2H3. The van der Waals surface area contributed by atoms with E-state index in [1.165, 1.54) is 10.7 Å². The molecule has 2 rings (SSSR count). The second kappa shape index (κ2) is 3.75. The lowest BCUT2D eigenvalue weighted by molar-refractivity contribution is 0.112. The summed E-state index contributed by atoms with van der Waals surface area (Å²) >= 11 is 5.94. The summed E-state index contributed by atoms with van der Waals surface area (Å²) in [5.41, 5.74) is 0.750. The third-order valence-corrected chi connectivity index (χ3v) is 2.67. The van der Waals surface area contributed by atoms with Gasteiger partial charge in [0.25, 0.3) is 5.56 Å². The predicted molar refractivity (Wildman–Crippen MR) is 60.3 cm³/mol. The molecule has 0 aliphatic carbocycles. The highest BCUT2D eigenvalue weighted by Crippen LogP contribution is 2.19. The summed E-state index contributed by atoms with van der Waals surface area (Å²) in [6, 6.07) is 0. The van der Waals surface area contributed by atoms with Gasteiger partial charge in [-0.1, -0.05) is 25.4 Å². The molecule has 0 radical (unpaired) electrons. The van der Waals surface area contributed by atoms with E-state index in [0.29, 0.717) is 17.4 Å². The van der Waals surface area contributed by atoms with E-state index in [4.69, 9.17) is 11.6 Å². The van der Waals surface area contributed by atoms with Gasteiger partial charge in [-0.2, -0.15) is 0 Å². The summed E-state index contributed by atoms with van der Waals surface area (Å²) in [7, 11) is 0. The molecule has 84 valence electrons. The molecule has 0 aliphatic rings. The smallest absolute Gasteiger partial charge is 0.277 e. The fourth-order valence-electron chi connectivity index (χ4n) is 1.59. The molecule has 2 aromatic rings. The van der Waals surface area contributed by atoms with Crippen LogP contribution in [0.25, 0.3) is 5.65 Å². The Hall–Kier alpha value is -1.62. The number of nitrogens with one attached hydrogen (secondary N) is 1. The van der Waals surface area contributed by atoms with Crippen molar-refractivity contribution in [1.82, 2.24) is 14.6 Å². The number of hydrogen-bond donors (Lipinski definition) is 1. The number of halogens is 1. The number of aldehydes is 1. The van der Waals surface area contributed by atoms with Crippen molar-refractivity contribution < 1.29 is 4.79 Å². The Bertz CT molecular complexity index is 612. The molecular formula is C10H10ClN3O2. The van der Waals surface area contributed by atoms with Crippen LogP contribution in [0, 0.1) is 0 Å². The third kappa shape index (κ3) is 1.44. The number of hydrogen-bond acceptors (Lipinski definition) is 3. The molecule has 0 atom stereocenters. The molecule has 6 heteroatoms. The number of aromatic nitrogens is 3. The van der Waals surface area contributed by atoms with E-state index in [2.05, 4.69) is 10.1 Å². The van der Waals surface area contributed by atoms with Crippen LogP contribution in [0.2, 0.25) is 5.15 Å². The van der Waals surface area contributed by atoms with Crippen molar-refractivity contribution in [2.24, 2.45) is 0 Å². The maximum atomic E-state index is 12.0. The van der Waals surface area contributed by atoms with E-state index in [-0.39, 0.29) is 22.3 Å². The molecule has 0 aliphatic heterocycles. The molecule has 0 saturated carbocycles. The fraction of sp³-hybridized carbons (Fsp3) is 0.300. The van der Waals surface area contributed by atoms with Gasteiger partial charge in [0.2, 0.25) is 0 Å². The van der Waals surface area contributed by atoms with E-state index in [0.717, 1.165) is 0 Å². The summed E-state index contributed by atoms with van der Waals surface area (Å²) in [5.74, 6) is -0.0209. The first-order valence-electron chi connectivity index (χ1n) is 4.81. The quantitative estimate of drug-likeness (QED) is 0.640. The molecule has 0 unspecified atom stereocenters. The van der Waals surface area contributed by atoms with Crippen LogP contribution < -0.4 is 5.56 Å². The van der Waals surface area contributed by atoms with Crippen molar-refractivity contribution in [2.45, 2.75) is 19.8 Å². The van der Waals surface area contributed by atoms with Gasteiger partial charge in [-0.15, -0.1) is 0 Å². The molecule has 0 bridgehead atoms. The van der Waals surface area contributed by atoms with E-state index >= 15 is 0 Å². The molecular weight excluding hydrogens is 230 g/mol. The number of carbonyl (C=O) groups excluding carboxylic acids is 1. The normalized spacial score (nSPS) is 11.2. The fourth-order valence-corrected chi connectivity index (χ4v) is 1.97. The average molecular weight is 240 g/mol. The highest BCUT2D eigenvalue weighted by atomic mass is 35.5. The molecule has 2 heterocycles. The van der Waals surface area contributed by atoms with Gasteiger partial charge in [0.05, 0.1) is 11.1 Å². The first-order valence-corrected chi connectivity index (χ1v) is 5.18. The van der Waals surface area contributed by atoms with E-state index in [1.807, 2.05) is 13.8 Å². The molecule has 0 fully saturated rings. The second-order valence-corrected chi connectivity index (χ2v) is 4.14. The third-order valence-electron chi connectivity index (χ3n) is 2.38. The van der Waals surface area contributed by atoms with Crippen molar-refractivity contribution in [2.75, 3.05) is 0 Å². The van der Waals surface area contributed by atoms with Crippen LogP contribution in [0.3, 0.4) is 0 Å². The molecule has 0 spiro atoms. The van der Waals surface area contributed by atoms with Crippen LogP contribution in [0.15, 0.2) is 11.0 Å². The van der Waals surface area contributed by atoms with Crippen LogP contribution in [-0.2, 0) is 0 Å². The average Bonchev–Trinajstić information content (AvgIpc) is 2.60. The number of rotatable bonds is 2. The highest BCUT2D eigenvalue weighted by molar-refractivity contribution is 6.30. The zero-order valence-electron chi connectivity index (χ0n) is 8.82. The zero-order valence-corrected chi connectivity index (χ0v) is 9.58. The van der Waals surface area contributed by atoms with E-state index < -0.39 is 0 Å². The van der Waals surface area contributed by atoms with Gasteiger partial charge in [0.1, 0.15) is 5.15 Å². The molecule has 0 aromatic carbocycles. The summed E-state index contributed by atoms with van der Waals surface area (Å²) < 4.78 is 1.23. The lowest BCUT2D eigenvalue weighted by Crippen LogP contribution is -2.21. The Morgan fingerprint density at radius 3 is 2.81 bits per heavy atom. The Morgan fingerprint density at radius 2 is 2.25 bits per heavy atom. The van der Waals surface area contributed by atoms with Crippen LogP contribution in [0.1, 0.15) is 35.7 Å². The molecule has 16 heavy (non-hydrogen) atoms. The van der Waals surface area contributed by atoms with Crippen LogP contribution in [-0.4, -0.2) is 20.9 Å². The summed E-state index contributed by atoms with van der Waals surface area (Å²) in [4.78, 5) is 26.8. The zero-order chi connectivity index (χ0) is 11.9. The van der Waals surface area contributed by atoms with Gasteiger partial charge in [-0.25, -0.2) is 9.50 Å². The first-order chi connectivity index (χ1) is 7.56. The van der Waals surface area contributed by atoms with Crippen molar-refractivity contribution in [1.29, 1.82) is 0 Å². The number of H-pyrrole nitrogens is 1. The maximum absolute atomic E-state index is 12.0. The Labute approximate surface area is 96.0 Å². The Morgan fingerprint density at radius 1 is 1.56 bits per heavy atom. The monoisotopic (exact) mass is 239 g/mol. The largest absolute Gasteiger partial charge is 0.298 e. The van der Waals surface area contributed by atoms with E-state index in [1.54, 1.807) is 0 Å². The van der Waals surface area contributed by atoms with Crippen LogP contribution >= 0.6 is 11.6 Å². The van der Waals surface area contributed by atoms with Crippen molar-refractivity contribution >= 4 is 23.5 Å². The molecule has 2 aromatic heterocycles. The van der Waals surface area contributed by atoms with Gasteiger partial charge in [0, 0.05) is 6.20 Å². The van der Waals surface area contributed by atoms with Crippen LogP contribution in [0.4, 0.5) is 0 Å². The highest BCUT2D eigenvalue weighted by Gasteiger charge is 2.16. The first kappa shape index (κ1) is 10.9. The number of nitrogens with zero attached hydrogens (tertiary/aromatic N) is 2. The summed E-state index contributed by atoms with van der Waals surface area (Å²) in [5, 5.41) is 2.84. The molecule has 1 N–H and O–H groups in total. The lowest BCUT2D eigenvalue weighted by Gasteiger charge is -2.06. The molecule has 5 nitrogen and oxygen atoms in total. The Kier molecular flexibility index (Phi) is 2.55. The van der Waals surface area contributed by atoms with Crippen molar-refractivity contribution in [3.05, 3.63) is 32.8 Å². The van der Waals surface area contributed by atoms with Gasteiger partial charge in [-0.05, 0) is 5.92 Å². The lowest BCUT2D eigenvalue weighted by atomic mass is 10.1. The van der Waals surface area contributed by atoms with Gasteiger partial charge >= 0.3 is 0 Å². The van der Waals surface area contributed by atoms with Gasteiger partial charge < -0.3 is 0 Å². The second-order valence-electron chi connectivity index (χ2n) is 3.78. The topological polar surface area (TPSA) is 67.2 Å². The van der Waals surface area contributed by atoms with Crippen molar-refractivity contribution in [3.8, 4) is 0 Å². The number of carbonyl (C=O) groups is 1. The SMILES string of the molecule is CC(C)c1c(Cl)nc2c(C=O)c[nH]n2c1=O. The minimum atomic E-state index is -0.266. The molecule has 0 amide bonds. The van der Waals surface area contributed by atoms with Crippen molar-refractivity contribution in [3.63, 3.8) is 0 Å². The van der Waals surface area contributed by atoms with E-state index in [9.17, 15) is 9.59 Å².